The fraction of sp³-hybridized carbons (Fsp3) is 0.375. The molecule has 0 unspecified atom stereocenters. The standard InChI is InChI=1S/C8H8ClNO2S/c9-4-6-5-10(8(11)12-6)7-2-1-3-13-7/h1-3,6H,4-5H2/t6-/m0/s1. The SMILES string of the molecule is O=C1O[C@@H](CCl)CN1c1cccs1. The largest absolute Gasteiger partial charge is 0.443 e. The van der Waals surface area contributed by atoms with Crippen LogP contribution in [0.4, 0.5) is 9.80 Å². The molecule has 0 spiro atoms. The van der Waals surface area contributed by atoms with Crippen molar-refractivity contribution in [2.75, 3.05) is 17.3 Å². The third kappa shape index (κ3) is 1.64. The first-order chi connectivity index (χ1) is 6.31. The molecule has 0 radical (unpaired) electrons. The smallest absolute Gasteiger partial charge is 0.415 e. The summed E-state index contributed by atoms with van der Waals surface area (Å²) in [5.41, 5.74) is 0. The minimum absolute atomic E-state index is 0.170. The summed E-state index contributed by atoms with van der Waals surface area (Å²) in [4.78, 5) is 12.9. The van der Waals surface area contributed by atoms with Crippen LogP contribution in [0.1, 0.15) is 0 Å². The van der Waals surface area contributed by atoms with Gasteiger partial charge in [-0.1, -0.05) is 0 Å². The number of halogens is 1. The number of thiophene rings is 1. The maximum Gasteiger partial charge on any atom is 0.415 e. The van der Waals surface area contributed by atoms with Crippen molar-refractivity contribution in [2.45, 2.75) is 6.10 Å². The van der Waals surface area contributed by atoms with Crippen LogP contribution in [0, 0.1) is 0 Å². The van der Waals surface area contributed by atoms with Gasteiger partial charge in [-0.2, -0.15) is 0 Å². The van der Waals surface area contributed by atoms with Crippen molar-refractivity contribution in [3.63, 3.8) is 0 Å². The van der Waals surface area contributed by atoms with E-state index >= 15 is 0 Å². The quantitative estimate of drug-likeness (QED) is 0.712. The Bertz CT molecular complexity index is 301. The van der Waals surface area contributed by atoms with Gasteiger partial charge in [0, 0.05) is 0 Å². The van der Waals surface area contributed by atoms with Crippen LogP contribution < -0.4 is 4.90 Å². The zero-order valence-corrected chi connectivity index (χ0v) is 8.35. The highest BCUT2D eigenvalue weighted by atomic mass is 35.5. The highest BCUT2D eigenvalue weighted by Crippen LogP contribution is 2.26. The molecule has 5 heteroatoms. The van der Waals surface area contributed by atoms with Gasteiger partial charge in [-0.15, -0.1) is 22.9 Å². The van der Waals surface area contributed by atoms with Crippen molar-refractivity contribution in [1.82, 2.24) is 0 Å². The molecule has 3 nitrogen and oxygen atoms in total. The van der Waals surface area contributed by atoms with Crippen molar-refractivity contribution in [3.05, 3.63) is 17.5 Å². The topological polar surface area (TPSA) is 29.5 Å². The second-order valence-electron chi connectivity index (χ2n) is 2.72. The Labute approximate surface area is 84.9 Å². The van der Waals surface area contributed by atoms with Crippen molar-refractivity contribution in [3.8, 4) is 0 Å². The number of ether oxygens (including phenoxy) is 1. The summed E-state index contributed by atoms with van der Waals surface area (Å²) in [6, 6.07) is 3.80. The van der Waals surface area contributed by atoms with E-state index in [1.165, 1.54) is 11.3 Å². The highest BCUT2D eigenvalue weighted by Gasteiger charge is 2.31. The molecular formula is C8H8ClNO2S. The average molecular weight is 218 g/mol. The number of carbonyl (C=O) groups is 1. The van der Waals surface area contributed by atoms with Gasteiger partial charge >= 0.3 is 6.09 Å². The van der Waals surface area contributed by atoms with E-state index in [1.807, 2.05) is 17.5 Å². The van der Waals surface area contributed by atoms with Crippen molar-refractivity contribution < 1.29 is 9.53 Å². The summed E-state index contributed by atoms with van der Waals surface area (Å²) in [5.74, 6) is 0.355. The van der Waals surface area contributed by atoms with Gasteiger partial charge in [-0.05, 0) is 17.5 Å². The molecule has 0 N–H and O–H groups in total. The zero-order chi connectivity index (χ0) is 9.26. The minimum atomic E-state index is -0.298. The van der Waals surface area contributed by atoms with Crippen LogP contribution in [0.25, 0.3) is 0 Å². The van der Waals surface area contributed by atoms with Gasteiger partial charge in [-0.3, -0.25) is 4.90 Å². The summed E-state index contributed by atoms with van der Waals surface area (Å²) in [6.45, 7) is 0.558. The number of rotatable bonds is 2. The van der Waals surface area contributed by atoms with Crippen LogP contribution in [0.15, 0.2) is 17.5 Å². The molecule has 1 saturated heterocycles. The Hall–Kier alpha value is -0.740. The number of cyclic esters (lactones) is 1. The Kier molecular flexibility index (Phi) is 2.42. The van der Waals surface area contributed by atoms with Crippen molar-refractivity contribution in [2.24, 2.45) is 0 Å². The third-order valence-corrected chi connectivity index (χ3v) is 3.05. The Morgan fingerprint density at radius 2 is 2.62 bits per heavy atom. The first-order valence-electron chi connectivity index (χ1n) is 3.89. The zero-order valence-electron chi connectivity index (χ0n) is 6.77. The molecule has 70 valence electrons. The third-order valence-electron chi connectivity index (χ3n) is 1.82. The maximum absolute atomic E-state index is 11.3. The molecule has 1 aromatic rings. The molecule has 1 fully saturated rings. The Morgan fingerprint density at radius 3 is 3.15 bits per heavy atom. The summed E-state index contributed by atoms with van der Waals surface area (Å²) in [5, 5.41) is 2.84. The molecule has 0 aliphatic carbocycles. The maximum atomic E-state index is 11.3. The number of alkyl halides is 1. The molecule has 1 aliphatic heterocycles. The van der Waals surface area contributed by atoms with Crippen LogP contribution >= 0.6 is 22.9 Å². The lowest BCUT2D eigenvalue weighted by Gasteiger charge is -2.08. The lowest BCUT2D eigenvalue weighted by atomic mass is 10.4. The van der Waals surface area contributed by atoms with E-state index in [-0.39, 0.29) is 12.2 Å². The number of amides is 1. The van der Waals surface area contributed by atoms with E-state index < -0.39 is 0 Å². The van der Waals surface area contributed by atoms with Gasteiger partial charge < -0.3 is 4.74 Å². The number of hydrogen-bond donors (Lipinski definition) is 0. The van der Waals surface area contributed by atoms with Crippen LogP contribution in [0.2, 0.25) is 0 Å². The Morgan fingerprint density at radius 1 is 1.77 bits per heavy atom. The average Bonchev–Trinajstić information content (AvgIpc) is 2.72. The molecule has 1 atom stereocenters. The molecule has 0 saturated carbocycles. The highest BCUT2D eigenvalue weighted by molar-refractivity contribution is 7.14. The van der Waals surface area contributed by atoms with Gasteiger partial charge in [0.1, 0.15) is 11.1 Å². The summed E-state index contributed by atoms with van der Waals surface area (Å²) < 4.78 is 5.01. The fourth-order valence-corrected chi connectivity index (χ4v) is 2.10. The minimum Gasteiger partial charge on any atom is -0.443 e. The molecule has 1 aromatic heterocycles. The molecule has 1 aliphatic rings. The molecule has 13 heavy (non-hydrogen) atoms. The normalized spacial score (nSPS) is 22.1. The van der Waals surface area contributed by atoms with Crippen LogP contribution in [0.5, 0.6) is 0 Å². The van der Waals surface area contributed by atoms with E-state index in [4.69, 9.17) is 16.3 Å². The number of nitrogens with zero attached hydrogens (tertiary/aromatic N) is 1. The summed E-state index contributed by atoms with van der Waals surface area (Å²) >= 11 is 7.12. The van der Waals surface area contributed by atoms with Crippen LogP contribution in [-0.4, -0.2) is 24.6 Å². The van der Waals surface area contributed by atoms with E-state index in [1.54, 1.807) is 4.90 Å². The predicted molar refractivity (Wildman–Crippen MR) is 52.7 cm³/mol. The molecule has 1 amide bonds. The first kappa shape index (κ1) is 8.84. The molecule has 0 bridgehead atoms. The summed E-state index contributed by atoms with van der Waals surface area (Å²) in [7, 11) is 0. The second-order valence-corrected chi connectivity index (χ2v) is 3.96. The number of carbonyl (C=O) groups excluding carboxylic acids is 1. The van der Waals surface area contributed by atoms with E-state index in [2.05, 4.69) is 0 Å². The molecule has 2 heterocycles. The van der Waals surface area contributed by atoms with Gasteiger partial charge in [0.2, 0.25) is 0 Å². The summed E-state index contributed by atoms with van der Waals surface area (Å²) in [6.07, 6.45) is -0.468. The van der Waals surface area contributed by atoms with Gasteiger partial charge in [0.25, 0.3) is 0 Å². The second kappa shape index (κ2) is 3.55. The fourth-order valence-electron chi connectivity index (χ4n) is 1.21. The van der Waals surface area contributed by atoms with Crippen molar-refractivity contribution >= 4 is 34.0 Å². The number of anilines is 1. The Balaban J connectivity index is 2.14. The predicted octanol–water partition coefficient (Wildman–Crippen LogP) is 2.31. The molecular weight excluding hydrogens is 210 g/mol. The number of hydrogen-bond acceptors (Lipinski definition) is 3. The molecule has 0 aromatic carbocycles. The lowest BCUT2D eigenvalue weighted by Crippen LogP contribution is -2.23. The van der Waals surface area contributed by atoms with Crippen LogP contribution in [0.3, 0.4) is 0 Å². The van der Waals surface area contributed by atoms with Gasteiger partial charge in [0.15, 0.2) is 0 Å². The van der Waals surface area contributed by atoms with Crippen LogP contribution in [-0.2, 0) is 4.74 Å². The molecule has 2 rings (SSSR count). The van der Waals surface area contributed by atoms with Gasteiger partial charge in [0.05, 0.1) is 12.4 Å². The lowest BCUT2D eigenvalue weighted by molar-refractivity contribution is 0.151. The van der Waals surface area contributed by atoms with E-state index in [9.17, 15) is 4.79 Å². The van der Waals surface area contributed by atoms with Gasteiger partial charge in [-0.25, -0.2) is 4.79 Å². The first-order valence-corrected chi connectivity index (χ1v) is 5.30. The van der Waals surface area contributed by atoms with E-state index in [0.29, 0.717) is 12.4 Å². The van der Waals surface area contributed by atoms with Crippen molar-refractivity contribution in [1.29, 1.82) is 0 Å². The van der Waals surface area contributed by atoms with E-state index in [0.717, 1.165) is 5.00 Å². The monoisotopic (exact) mass is 217 g/mol.